The molecule has 2 N–H and O–H groups in total. The predicted octanol–water partition coefficient (Wildman–Crippen LogP) is 2.76. The van der Waals surface area contributed by atoms with Gasteiger partial charge in [-0.15, -0.1) is 0 Å². The number of aromatic nitrogens is 4. The second-order valence-corrected chi connectivity index (χ2v) is 8.03. The first kappa shape index (κ1) is 22.6. The van der Waals surface area contributed by atoms with Gasteiger partial charge in [-0.3, -0.25) is 15.0 Å². The van der Waals surface area contributed by atoms with Crippen LogP contribution in [0.2, 0.25) is 0 Å². The fourth-order valence-corrected chi connectivity index (χ4v) is 4.06. The van der Waals surface area contributed by atoms with Crippen LogP contribution >= 0.6 is 0 Å². The summed E-state index contributed by atoms with van der Waals surface area (Å²) in [7, 11) is 0. The lowest BCUT2D eigenvalue weighted by molar-refractivity contribution is -0.123. The smallest absolute Gasteiger partial charge is 0.405 e. The van der Waals surface area contributed by atoms with E-state index in [2.05, 4.69) is 25.3 Å². The molecule has 3 aromatic heterocycles. The van der Waals surface area contributed by atoms with Crippen LogP contribution in [0.15, 0.2) is 35.0 Å². The number of rotatable bonds is 4. The number of aryl methyl sites for hydroxylation is 1. The molecule has 14 heteroatoms. The zero-order valence-electron chi connectivity index (χ0n) is 18.3. The molecule has 3 aromatic rings. The molecule has 1 unspecified atom stereocenters. The van der Waals surface area contributed by atoms with Crippen LogP contribution in [0.5, 0.6) is 0 Å². The summed E-state index contributed by atoms with van der Waals surface area (Å²) in [4.78, 5) is 45.6. The highest BCUT2D eigenvalue weighted by atomic mass is 19.4. The molecule has 35 heavy (non-hydrogen) atoms. The Morgan fingerprint density at radius 3 is 2.77 bits per heavy atom. The molecule has 1 fully saturated rings. The third kappa shape index (κ3) is 4.58. The number of pyridine rings is 1. The number of anilines is 3. The second kappa shape index (κ2) is 8.52. The molecule has 1 saturated heterocycles. The lowest BCUT2D eigenvalue weighted by Crippen LogP contribution is -2.48. The average Bonchev–Trinajstić information content (AvgIpc) is 3.44. The Balaban J connectivity index is 1.41. The molecule has 0 aliphatic carbocycles. The van der Waals surface area contributed by atoms with Crippen LogP contribution in [0.25, 0.3) is 11.5 Å². The summed E-state index contributed by atoms with van der Waals surface area (Å²) in [5, 5.41) is 4.44. The summed E-state index contributed by atoms with van der Waals surface area (Å²) in [6.07, 6.45) is -0.942. The first-order valence-corrected chi connectivity index (χ1v) is 10.6. The number of alkyl halides is 3. The molecule has 0 saturated carbocycles. The fraction of sp³-hybridized carbons (Fsp3) is 0.333. The molecule has 2 aliphatic rings. The molecule has 0 spiro atoms. The highest BCUT2D eigenvalue weighted by Crippen LogP contribution is 2.39. The average molecular weight is 488 g/mol. The number of nitrogens with zero attached hydrogens (tertiary/aromatic N) is 6. The van der Waals surface area contributed by atoms with E-state index >= 15 is 0 Å². The van der Waals surface area contributed by atoms with Crippen LogP contribution in [0.4, 0.5) is 35.4 Å². The molecule has 182 valence electrons. The van der Waals surface area contributed by atoms with Crippen LogP contribution in [0, 0.1) is 6.92 Å². The van der Waals surface area contributed by atoms with Gasteiger partial charge in [0.2, 0.25) is 5.95 Å². The van der Waals surface area contributed by atoms with Gasteiger partial charge in [0.05, 0.1) is 17.9 Å². The van der Waals surface area contributed by atoms with Gasteiger partial charge in [-0.25, -0.2) is 24.7 Å². The van der Waals surface area contributed by atoms with Gasteiger partial charge in [-0.1, -0.05) is 0 Å². The number of hydrogen-bond acceptors (Lipinski definition) is 8. The van der Waals surface area contributed by atoms with E-state index in [1.165, 1.54) is 23.4 Å². The van der Waals surface area contributed by atoms with Gasteiger partial charge < -0.3 is 14.6 Å². The van der Waals surface area contributed by atoms with E-state index in [-0.39, 0.29) is 23.5 Å². The Hall–Kier alpha value is -4.23. The number of carbonyl (C=O) groups excluding carboxylic acids is 2. The normalized spacial score (nSPS) is 16.7. The van der Waals surface area contributed by atoms with Crippen molar-refractivity contribution in [2.45, 2.75) is 25.6 Å². The first-order chi connectivity index (χ1) is 16.7. The van der Waals surface area contributed by atoms with Gasteiger partial charge in [0, 0.05) is 26.2 Å². The lowest BCUT2D eigenvalue weighted by atomic mass is 10.1. The van der Waals surface area contributed by atoms with Gasteiger partial charge in [-0.05, 0) is 24.6 Å². The Kier molecular flexibility index (Phi) is 5.49. The van der Waals surface area contributed by atoms with Crippen molar-refractivity contribution in [1.29, 1.82) is 0 Å². The summed E-state index contributed by atoms with van der Waals surface area (Å²) >= 11 is 0. The van der Waals surface area contributed by atoms with E-state index in [4.69, 9.17) is 4.42 Å². The molecule has 5 heterocycles. The van der Waals surface area contributed by atoms with Gasteiger partial charge in [-0.2, -0.15) is 13.2 Å². The van der Waals surface area contributed by atoms with Crippen LogP contribution in [-0.2, 0) is 0 Å². The molecular formula is C21H19F3N8O3. The zero-order valence-corrected chi connectivity index (χ0v) is 18.3. The summed E-state index contributed by atoms with van der Waals surface area (Å²) in [5.74, 6) is 0.0738. The van der Waals surface area contributed by atoms with Crippen molar-refractivity contribution in [3.05, 3.63) is 42.2 Å². The minimum Gasteiger partial charge on any atom is -0.439 e. The highest BCUT2D eigenvalue weighted by molar-refractivity contribution is 6.04. The molecule has 5 rings (SSSR count). The number of nitrogens with one attached hydrogen (secondary N) is 2. The monoisotopic (exact) mass is 488 g/mol. The summed E-state index contributed by atoms with van der Waals surface area (Å²) in [6.45, 7) is 1.43. The van der Waals surface area contributed by atoms with Gasteiger partial charge >= 0.3 is 12.2 Å². The van der Waals surface area contributed by atoms with E-state index in [1.807, 2.05) is 4.90 Å². The Bertz CT molecular complexity index is 1290. The summed E-state index contributed by atoms with van der Waals surface area (Å²) < 4.78 is 43.0. The fourth-order valence-electron chi connectivity index (χ4n) is 4.06. The van der Waals surface area contributed by atoms with Crippen molar-refractivity contribution in [3.63, 3.8) is 0 Å². The molecule has 1 atom stereocenters. The quantitative estimate of drug-likeness (QED) is 0.574. The van der Waals surface area contributed by atoms with E-state index in [0.29, 0.717) is 42.5 Å². The van der Waals surface area contributed by atoms with Crippen molar-refractivity contribution in [2.75, 3.05) is 34.8 Å². The number of amides is 3. The SMILES string of the molecule is Cc1ncc(-c2ccnc(NC(=O)N3c4nc(C(=O)NCC(F)(F)F)ccc4N4CCC3C4)n2)o1. The van der Waals surface area contributed by atoms with Crippen LogP contribution in [0.3, 0.4) is 0 Å². The largest absolute Gasteiger partial charge is 0.439 e. The number of halogens is 3. The number of oxazole rings is 1. The first-order valence-electron chi connectivity index (χ1n) is 10.6. The minimum atomic E-state index is -4.56. The van der Waals surface area contributed by atoms with E-state index in [1.54, 1.807) is 24.4 Å². The molecule has 3 amide bonds. The maximum Gasteiger partial charge on any atom is 0.405 e. The summed E-state index contributed by atoms with van der Waals surface area (Å²) in [5.41, 5.74) is 0.795. The highest BCUT2D eigenvalue weighted by Gasteiger charge is 2.41. The lowest BCUT2D eigenvalue weighted by Gasteiger charge is -2.35. The maximum atomic E-state index is 13.3. The number of hydrogen-bond donors (Lipinski definition) is 2. The van der Waals surface area contributed by atoms with E-state index < -0.39 is 24.7 Å². The van der Waals surface area contributed by atoms with Crippen molar-refractivity contribution in [1.82, 2.24) is 25.3 Å². The van der Waals surface area contributed by atoms with Crippen LogP contribution in [0.1, 0.15) is 22.8 Å². The van der Waals surface area contributed by atoms with Gasteiger partial charge in [0.1, 0.15) is 17.9 Å². The topological polar surface area (TPSA) is 129 Å². The Morgan fingerprint density at radius 2 is 2.03 bits per heavy atom. The molecule has 11 nitrogen and oxygen atoms in total. The predicted molar refractivity (Wildman–Crippen MR) is 117 cm³/mol. The molecular weight excluding hydrogens is 469 g/mol. The number of carbonyl (C=O) groups is 2. The molecule has 0 aromatic carbocycles. The van der Waals surface area contributed by atoms with Crippen molar-refractivity contribution in [3.8, 4) is 11.5 Å². The summed E-state index contributed by atoms with van der Waals surface area (Å²) in [6, 6.07) is 3.70. The van der Waals surface area contributed by atoms with Crippen LogP contribution in [-0.4, -0.2) is 63.7 Å². The Morgan fingerprint density at radius 1 is 1.20 bits per heavy atom. The standard InChI is InChI=1S/C21H19F3N8O3/c1-11-26-8-16(35-11)13-4-6-25-19(29-13)30-20(34)32-12-5-7-31(9-12)15-3-2-14(28-17(15)32)18(33)27-10-21(22,23)24/h2-4,6,8,12H,5,7,9-10H2,1H3,(H,27,33)(H,25,29,30,34). The number of urea groups is 1. The van der Waals surface area contributed by atoms with Gasteiger partial charge in [0.25, 0.3) is 5.91 Å². The minimum absolute atomic E-state index is 0.0163. The third-order valence-corrected chi connectivity index (χ3v) is 5.60. The van der Waals surface area contributed by atoms with E-state index in [9.17, 15) is 22.8 Å². The van der Waals surface area contributed by atoms with Crippen molar-refractivity contribution >= 4 is 29.4 Å². The van der Waals surface area contributed by atoms with Crippen molar-refractivity contribution < 1.29 is 27.2 Å². The molecule has 2 bridgehead atoms. The molecule has 0 radical (unpaired) electrons. The van der Waals surface area contributed by atoms with Crippen LogP contribution < -0.4 is 20.4 Å². The molecule has 2 aliphatic heterocycles. The van der Waals surface area contributed by atoms with Gasteiger partial charge in [0.15, 0.2) is 17.5 Å². The van der Waals surface area contributed by atoms with E-state index in [0.717, 1.165) is 0 Å². The third-order valence-electron chi connectivity index (χ3n) is 5.60. The maximum absolute atomic E-state index is 13.3. The second-order valence-electron chi connectivity index (χ2n) is 8.03. The zero-order chi connectivity index (χ0) is 24.7. The van der Waals surface area contributed by atoms with Crippen molar-refractivity contribution in [2.24, 2.45) is 0 Å². The number of fused-ring (bicyclic) bond motifs is 4. The Labute approximate surface area is 196 Å².